The SMILES string of the molecule is FC(F)c1ccc(CC2CCCCN2)cc1Br. The highest BCUT2D eigenvalue weighted by molar-refractivity contribution is 9.10. The first-order valence-corrected chi connectivity index (χ1v) is 6.76. The third-order valence-electron chi connectivity index (χ3n) is 3.19. The first-order valence-electron chi connectivity index (χ1n) is 5.96. The van der Waals surface area contributed by atoms with Gasteiger partial charge in [-0.15, -0.1) is 0 Å². The lowest BCUT2D eigenvalue weighted by Gasteiger charge is -2.23. The van der Waals surface area contributed by atoms with Gasteiger partial charge in [0.15, 0.2) is 0 Å². The second kappa shape index (κ2) is 5.91. The van der Waals surface area contributed by atoms with Crippen LogP contribution in [0.5, 0.6) is 0 Å². The molecular formula is C13H16BrF2N. The second-order valence-electron chi connectivity index (χ2n) is 4.51. The van der Waals surface area contributed by atoms with Crippen LogP contribution in [-0.4, -0.2) is 12.6 Å². The molecule has 1 heterocycles. The summed E-state index contributed by atoms with van der Waals surface area (Å²) in [7, 11) is 0. The summed E-state index contributed by atoms with van der Waals surface area (Å²) in [5.74, 6) is 0. The van der Waals surface area contributed by atoms with E-state index in [-0.39, 0.29) is 5.56 Å². The van der Waals surface area contributed by atoms with Crippen LogP contribution in [0.15, 0.2) is 22.7 Å². The standard InChI is InChI=1S/C13H16BrF2N/c14-12-8-9(4-5-11(12)13(15)16)7-10-3-1-2-6-17-10/h4-5,8,10,13,17H,1-3,6-7H2. The summed E-state index contributed by atoms with van der Waals surface area (Å²) in [4.78, 5) is 0. The summed E-state index contributed by atoms with van der Waals surface area (Å²) in [5.41, 5.74) is 1.19. The van der Waals surface area contributed by atoms with E-state index in [1.165, 1.54) is 25.3 Å². The number of benzene rings is 1. The van der Waals surface area contributed by atoms with Crippen molar-refractivity contribution in [2.45, 2.75) is 38.2 Å². The maximum Gasteiger partial charge on any atom is 0.264 e. The van der Waals surface area contributed by atoms with Gasteiger partial charge in [-0.2, -0.15) is 0 Å². The number of piperidine rings is 1. The van der Waals surface area contributed by atoms with Crippen molar-refractivity contribution in [2.24, 2.45) is 0 Å². The molecule has 2 rings (SSSR count). The van der Waals surface area contributed by atoms with Crippen molar-refractivity contribution in [3.8, 4) is 0 Å². The van der Waals surface area contributed by atoms with Gasteiger partial charge in [0.1, 0.15) is 0 Å². The number of hydrogen-bond acceptors (Lipinski definition) is 1. The van der Waals surface area contributed by atoms with Crippen molar-refractivity contribution in [3.05, 3.63) is 33.8 Å². The number of alkyl halides is 2. The van der Waals surface area contributed by atoms with Gasteiger partial charge < -0.3 is 5.32 Å². The zero-order chi connectivity index (χ0) is 12.3. The van der Waals surface area contributed by atoms with Crippen LogP contribution in [0.4, 0.5) is 8.78 Å². The Balaban J connectivity index is 2.04. The summed E-state index contributed by atoms with van der Waals surface area (Å²) < 4.78 is 25.7. The van der Waals surface area contributed by atoms with Crippen LogP contribution in [0.25, 0.3) is 0 Å². The Labute approximate surface area is 109 Å². The van der Waals surface area contributed by atoms with Crippen molar-refractivity contribution in [1.82, 2.24) is 5.32 Å². The quantitative estimate of drug-likeness (QED) is 0.887. The predicted molar refractivity (Wildman–Crippen MR) is 68.4 cm³/mol. The Hall–Kier alpha value is -0.480. The normalized spacial score (nSPS) is 20.8. The molecule has 0 bridgehead atoms. The van der Waals surface area contributed by atoms with Crippen LogP contribution in [0, 0.1) is 0 Å². The van der Waals surface area contributed by atoms with Crippen molar-refractivity contribution in [3.63, 3.8) is 0 Å². The Morgan fingerprint density at radius 3 is 2.76 bits per heavy atom. The molecule has 1 fully saturated rings. The van der Waals surface area contributed by atoms with Gasteiger partial charge in [0.05, 0.1) is 0 Å². The van der Waals surface area contributed by atoms with Crippen LogP contribution >= 0.6 is 15.9 Å². The molecule has 1 aliphatic rings. The Morgan fingerprint density at radius 2 is 2.18 bits per heavy atom. The molecule has 17 heavy (non-hydrogen) atoms. The summed E-state index contributed by atoms with van der Waals surface area (Å²) in [6.45, 7) is 1.07. The van der Waals surface area contributed by atoms with E-state index in [4.69, 9.17) is 0 Å². The number of rotatable bonds is 3. The van der Waals surface area contributed by atoms with E-state index in [2.05, 4.69) is 21.2 Å². The first-order chi connectivity index (χ1) is 8.16. The van der Waals surface area contributed by atoms with E-state index >= 15 is 0 Å². The van der Waals surface area contributed by atoms with Crippen LogP contribution in [-0.2, 0) is 6.42 Å². The molecule has 1 unspecified atom stereocenters. The average molecular weight is 304 g/mol. The van der Waals surface area contributed by atoms with E-state index in [1.54, 1.807) is 0 Å². The van der Waals surface area contributed by atoms with Gasteiger partial charge in [0, 0.05) is 16.1 Å². The molecule has 4 heteroatoms. The molecule has 1 aromatic carbocycles. The lowest BCUT2D eigenvalue weighted by atomic mass is 9.97. The molecule has 94 valence electrons. The summed E-state index contributed by atoms with van der Waals surface area (Å²) in [5, 5.41) is 3.46. The van der Waals surface area contributed by atoms with E-state index in [0.717, 1.165) is 18.5 Å². The minimum atomic E-state index is -2.41. The highest BCUT2D eigenvalue weighted by Gasteiger charge is 2.15. The Morgan fingerprint density at radius 1 is 1.35 bits per heavy atom. The molecular weight excluding hydrogens is 288 g/mol. The summed E-state index contributed by atoms with van der Waals surface area (Å²) in [6, 6.07) is 5.64. The summed E-state index contributed by atoms with van der Waals surface area (Å²) >= 11 is 3.21. The monoisotopic (exact) mass is 303 g/mol. The number of hydrogen-bond donors (Lipinski definition) is 1. The molecule has 0 amide bonds. The minimum absolute atomic E-state index is 0.0744. The van der Waals surface area contributed by atoms with Gasteiger partial charge in [-0.1, -0.05) is 34.5 Å². The van der Waals surface area contributed by atoms with Gasteiger partial charge in [0.25, 0.3) is 6.43 Å². The molecule has 0 aliphatic carbocycles. The molecule has 0 radical (unpaired) electrons. The van der Waals surface area contributed by atoms with Crippen molar-refractivity contribution in [1.29, 1.82) is 0 Å². The van der Waals surface area contributed by atoms with Gasteiger partial charge >= 0.3 is 0 Å². The van der Waals surface area contributed by atoms with Gasteiger partial charge in [-0.25, -0.2) is 8.78 Å². The Bertz CT molecular complexity index is 376. The average Bonchev–Trinajstić information content (AvgIpc) is 2.30. The Kier molecular flexibility index (Phi) is 4.51. The van der Waals surface area contributed by atoms with E-state index < -0.39 is 6.43 Å². The lowest BCUT2D eigenvalue weighted by Crippen LogP contribution is -2.35. The molecule has 1 saturated heterocycles. The summed E-state index contributed by atoms with van der Waals surface area (Å²) in [6.07, 6.45) is 2.18. The smallest absolute Gasteiger partial charge is 0.264 e. The molecule has 1 nitrogen and oxygen atoms in total. The van der Waals surface area contributed by atoms with E-state index in [1.807, 2.05) is 12.1 Å². The highest BCUT2D eigenvalue weighted by Crippen LogP contribution is 2.28. The highest BCUT2D eigenvalue weighted by atomic mass is 79.9. The number of halogens is 3. The molecule has 1 atom stereocenters. The zero-order valence-electron chi connectivity index (χ0n) is 9.56. The maximum atomic E-state index is 12.6. The fourth-order valence-electron chi connectivity index (χ4n) is 2.26. The van der Waals surface area contributed by atoms with E-state index in [9.17, 15) is 8.78 Å². The molecule has 0 saturated carbocycles. The van der Waals surface area contributed by atoms with Crippen LogP contribution < -0.4 is 5.32 Å². The molecule has 1 aromatic rings. The third kappa shape index (κ3) is 3.49. The van der Waals surface area contributed by atoms with Crippen LogP contribution in [0.3, 0.4) is 0 Å². The molecule has 1 aliphatic heterocycles. The van der Waals surface area contributed by atoms with Gasteiger partial charge in [-0.3, -0.25) is 0 Å². The second-order valence-corrected chi connectivity index (χ2v) is 5.36. The van der Waals surface area contributed by atoms with Gasteiger partial charge in [0.2, 0.25) is 0 Å². The molecule has 1 N–H and O–H groups in total. The zero-order valence-corrected chi connectivity index (χ0v) is 11.1. The van der Waals surface area contributed by atoms with Crippen LogP contribution in [0.1, 0.15) is 36.8 Å². The van der Waals surface area contributed by atoms with E-state index in [0.29, 0.717) is 10.5 Å². The fourth-order valence-corrected chi connectivity index (χ4v) is 2.86. The lowest BCUT2D eigenvalue weighted by molar-refractivity contribution is 0.150. The molecule has 0 aromatic heterocycles. The van der Waals surface area contributed by atoms with Crippen LogP contribution in [0.2, 0.25) is 0 Å². The largest absolute Gasteiger partial charge is 0.314 e. The predicted octanol–water partition coefficient (Wildman–Crippen LogP) is 4.07. The van der Waals surface area contributed by atoms with Crippen molar-refractivity contribution >= 4 is 15.9 Å². The van der Waals surface area contributed by atoms with Crippen molar-refractivity contribution in [2.75, 3.05) is 6.54 Å². The molecule has 0 spiro atoms. The topological polar surface area (TPSA) is 12.0 Å². The first kappa shape index (κ1) is 13.0. The number of nitrogens with one attached hydrogen (secondary N) is 1. The third-order valence-corrected chi connectivity index (χ3v) is 3.88. The van der Waals surface area contributed by atoms with Gasteiger partial charge in [-0.05, 0) is 37.4 Å². The van der Waals surface area contributed by atoms with Crippen molar-refractivity contribution < 1.29 is 8.78 Å². The minimum Gasteiger partial charge on any atom is -0.314 e. The maximum absolute atomic E-state index is 12.6. The fraction of sp³-hybridized carbons (Fsp3) is 0.538.